The summed E-state index contributed by atoms with van der Waals surface area (Å²) in [5, 5.41) is 2.19. The summed E-state index contributed by atoms with van der Waals surface area (Å²) in [6, 6.07) is 4.97. The number of halogens is 3. The van der Waals surface area contributed by atoms with Crippen molar-refractivity contribution in [2.75, 3.05) is 27.2 Å². The van der Waals surface area contributed by atoms with Crippen molar-refractivity contribution in [2.24, 2.45) is 0 Å². The summed E-state index contributed by atoms with van der Waals surface area (Å²) in [6.45, 7) is 1.79. The number of likely N-dealkylation sites (tertiary alicyclic amines) is 1. The van der Waals surface area contributed by atoms with Crippen molar-refractivity contribution in [2.45, 2.75) is 18.6 Å². The monoisotopic (exact) mass is 369 g/mol. The lowest BCUT2D eigenvalue weighted by molar-refractivity contribution is -0.137. The first kappa shape index (κ1) is 17.9. The molecule has 0 unspecified atom stereocenters. The highest BCUT2D eigenvalue weighted by molar-refractivity contribution is 7.13. The van der Waals surface area contributed by atoms with E-state index in [1.807, 2.05) is 7.05 Å². The number of hydrogen-bond acceptors (Lipinski definition) is 4. The van der Waals surface area contributed by atoms with Gasteiger partial charge in [0.25, 0.3) is 5.91 Å². The van der Waals surface area contributed by atoms with Crippen LogP contribution in [0.25, 0.3) is 10.6 Å². The van der Waals surface area contributed by atoms with Crippen LogP contribution in [0.15, 0.2) is 29.6 Å². The fourth-order valence-corrected chi connectivity index (χ4v) is 3.68. The number of carbonyl (C=O) groups is 1. The molecular formula is C17H18F3N3OS. The molecule has 25 heavy (non-hydrogen) atoms. The first-order chi connectivity index (χ1) is 11.8. The Bertz CT molecular complexity index is 757. The minimum absolute atomic E-state index is 0.158. The van der Waals surface area contributed by atoms with Gasteiger partial charge in [0.15, 0.2) is 0 Å². The van der Waals surface area contributed by atoms with Crippen LogP contribution in [0.3, 0.4) is 0 Å². The third kappa shape index (κ3) is 3.85. The molecule has 1 aliphatic rings. The van der Waals surface area contributed by atoms with Crippen LogP contribution >= 0.6 is 11.3 Å². The van der Waals surface area contributed by atoms with Gasteiger partial charge in [-0.25, -0.2) is 4.98 Å². The van der Waals surface area contributed by atoms with Gasteiger partial charge in [-0.1, -0.05) is 12.1 Å². The van der Waals surface area contributed by atoms with Crippen molar-refractivity contribution >= 4 is 17.2 Å². The number of amides is 1. The molecule has 4 nitrogen and oxygen atoms in total. The number of aromatic nitrogens is 1. The van der Waals surface area contributed by atoms with Crippen LogP contribution in [0.2, 0.25) is 0 Å². The lowest BCUT2D eigenvalue weighted by Gasteiger charge is -2.23. The van der Waals surface area contributed by atoms with Crippen molar-refractivity contribution < 1.29 is 18.0 Å². The Hall–Kier alpha value is -1.93. The van der Waals surface area contributed by atoms with E-state index in [-0.39, 0.29) is 11.9 Å². The van der Waals surface area contributed by atoms with Crippen LogP contribution in [-0.2, 0) is 6.18 Å². The zero-order valence-electron chi connectivity index (χ0n) is 13.9. The Kier molecular flexibility index (Phi) is 4.83. The Balaban J connectivity index is 1.74. The van der Waals surface area contributed by atoms with Crippen molar-refractivity contribution in [3.63, 3.8) is 0 Å². The molecule has 2 aromatic rings. The Labute approximate surface area is 147 Å². The predicted molar refractivity (Wildman–Crippen MR) is 90.5 cm³/mol. The molecule has 0 radical (unpaired) electrons. The van der Waals surface area contributed by atoms with Gasteiger partial charge in [-0.3, -0.25) is 4.79 Å². The average molecular weight is 369 g/mol. The van der Waals surface area contributed by atoms with Gasteiger partial charge in [-0.15, -0.1) is 11.3 Å². The van der Waals surface area contributed by atoms with Crippen molar-refractivity contribution in [3.05, 3.63) is 40.9 Å². The molecule has 1 aromatic heterocycles. The molecule has 0 aliphatic carbocycles. The molecule has 1 fully saturated rings. The number of likely N-dealkylation sites (N-methyl/N-ethyl adjacent to an activating group) is 2. The van der Waals surface area contributed by atoms with Crippen LogP contribution < -0.4 is 0 Å². The molecule has 1 saturated heterocycles. The molecule has 1 aliphatic heterocycles. The fraction of sp³-hybridized carbons (Fsp3) is 0.412. The van der Waals surface area contributed by atoms with E-state index in [1.165, 1.54) is 23.5 Å². The molecule has 2 heterocycles. The molecule has 1 amide bonds. The third-order valence-corrected chi connectivity index (χ3v) is 5.31. The van der Waals surface area contributed by atoms with Crippen LogP contribution in [0, 0.1) is 0 Å². The number of hydrogen-bond donors (Lipinski definition) is 0. The summed E-state index contributed by atoms with van der Waals surface area (Å²) in [5.41, 5.74) is 0.200. The second kappa shape index (κ2) is 6.76. The number of alkyl halides is 3. The Morgan fingerprint density at radius 3 is 2.56 bits per heavy atom. The van der Waals surface area contributed by atoms with E-state index in [2.05, 4.69) is 9.88 Å². The maximum atomic E-state index is 12.6. The van der Waals surface area contributed by atoms with Gasteiger partial charge < -0.3 is 9.80 Å². The van der Waals surface area contributed by atoms with Crippen LogP contribution in [0.1, 0.15) is 22.5 Å². The highest BCUT2D eigenvalue weighted by Crippen LogP contribution is 2.32. The standard InChI is InChI=1S/C17H18F3N3OS/c1-22-8-7-13(9-22)23(2)16(24)14-10-25-15(21-14)11-3-5-12(6-4-11)17(18,19)20/h3-6,10,13H,7-9H2,1-2H3/t13-/m1/s1. The Morgan fingerprint density at radius 1 is 1.32 bits per heavy atom. The van der Waals surface area contributed by atoms with Crippen molar-refractivity contribution in [3.8, 4) is 10.6 Å². The van der Waals surface area contributed by atoms with E-state index < -0.39 is 11.7 Å². The average Bonchev–Trinajstić information content (AvgIpc) is 3.22. The lowest BCUT2D eigenvalue weighted by atomic mass is 10.1. The molecule has 8 heteroatoms. The summed E-state index contributed by atoms with van der Waals surface area (Å²) in [7, 11) is 3.78. The largest absolute Gasteiger partial charge is 0.416 e. The second-order valence-electron chi connectivity index (χ2n) is 6.23. The molecule has 1 aromatic carbocycles. The summed E-state index contributed by atoms with van der Waals surface area (Å²) in [6.07, 6.45) is -3.44. The van der Waals surface area contributed by atoms with Gasteiger partial charge >= 0.3 is 6.18 Å². The maximum Gasteiger partial charge on any atom is 0.416 e. The van der Waals surface area contributed by atoms with Gasteiger partial charge in [-0.2, -0.15) is 13.2 Å². The smallest absolute Gasteiger partial charge is 0.336 e. The summed E-state index contributed by atoms with van der Waals surface area (Å²) in [4.78, 5) is 20.8. The Morgan fingerprint density at radius 2 is 2.00 bits per heavy atom. The fourth-order valence-electron chi connectivity index (χ4n) is 2.88. The highest BCUT2D eigenvalue weighted by atomic mass is 32.1. The number of carbonyl (C=O) groups excluding carboxylic acids is 1. The van der Waals surface area contributed by atoms with Gasteiger partial charge in [0.1, 0.15) is 10.7 Å². The number of thiazole rings is 1. The summed E-state index contributed by atoms with van der Waals surface area (Å²) in [5.74, 6) is -0.158. The molecule has 0 saturated carbocycles. The van der Waals surface area contributed by atoms with E-state index in [0.29, 0.717) is 16.3 Å². The molecule has 0 bridgehead atoms. The molecular weight excluding hydrogens is 351 g/mol. The highest BCUT2D eigenvalue weighted by Gasteiger charge is 2.30. The zero-order valence-corrected chi connectivity index (χ0v) is 14.7. The van der Waals surface area contributed by atoms with Crippen LogP contribution in [0.4, 0.5) is 13.2 Å². The van der Waals surface area contributed by atoms with Crippen molar-refractivity contribution in [1.29, 1.82) is 0 Å². The van der Waals surface area contributed by atoms with E-state index in [4.69, 9.17) is 0 Å². The first-order valence-electron chi connectivity index (χ1n) is 7.84. The third-order valence-electron chi connectivity index (χ3n) is 4.42. The SMILES string of the molecule is CN1CC[C@@H](N(C)C(=O)c2csc(-c3ccc(C(F)(F)F)cc3)n2)C1. The number of benzene rings is 1. The van der Waals surface area contributed by atoms with Gasteiger partial charge in [0.05, 0.1) is 5.56 Å². The summed E-state index contributed by atoms with van der Waals surface area (Å²) < 4.78 is 37.9. The second-order valence-corrected chi connectivity index (χ2v) is 7.09. The van der Waals surface area contributed by atoms with E-state index in [1.54, 1.807) is 17.3 Å². The van der Waals surface area contributed by atoms with Crippen LogP contribution in [0.5, 0.6) is 0 Å². The summed E-state index contributed by atoms with van der Waals surface area (Å²) >= 11 is 1.25. The number of rotatable bonds is 3. The maximum absolute atomic E-state index is 12.6. The topological polar surface area (TPSA) is 36.4 Å². The molecule has 134 valence electrons. The quantitative estimate of drug-likeness (QED) is 0.829. The van der Waals surface area contributed by atoms with Gasteiger partial charge in [-0.05, 0) is 32.1 Å². The zero-order chi connectivity index (χ0) is 18.2. The van der Waals surface area contributed by atoms with Gasteiger partial charge in [0.2, 0.25) is 0 Å². The number of nitrogens with zero attached hydrogens (tertiary/aromatic N) is 3. The minimum Gasteiger partial charge on any atom is -0.336 e. The minimum atomic E-state index is -4.36. The molecule has 3 rings (SSSR count). The van der Waals surface area contributed by atoms with E-state index in [9.17, 15) is 18.0 Å². The normalized spacial score (nSPS) is 18.5. The lowest BCUT2D eigenvalue weighted by Crippen LogP contribution is -2.38. The van der Waals surface area contributed by atoms with Gasteiger partial charge in [0, 0.05) is 30.6 Å². The predicted octanol–water partition coefficient (Wildman–Crippen LogP) is 3.61. The molecule has 1 atom stereocenters. The molecule has 0 spiro atoms. The first-order valence-corrected chi connectivity index (χ1v) is 8.72. The van der Waals surface area contributed by atoms with E-state index in [0.717, 1.165) is 31.6 Å². The van der Waals surface area contributed by atoms with Crippen LogP contribution in [-0.4, -0.2) is 53.9 Å². The van der Waals surface area contributed by atoms with Crippen molar-refractivity contribution in [1.82, 2.24) is 14.8 Å². The molecule has 0 N–H and O–H groups in total. The van der Waals surface area contributed by atoms with E-state index >= 15 is 0 Å².